The normalized spacial score (nSPS) is 21.2. The fraction of sp³-hybridized carbons (Fsp3) is 0.286. The Balaban J connectivity index is 1.44. The second kappa shape index (κ2) is 6.53. The lowest BCUT2D eigenvalue weighted by Gasteiger charge is -2.25. The molecule has 0 fully saturated rings. The minimum atomic E-state index is -0.341. The van der Waals surface area contributed by atoms with E-state index in [1.165, 1.54) is 10.4 Å². The molecule has 2 atom stereocenters. The number of benzene rings is 1. The van der Waals surface area contributed by atoms with E-state index in [0.29, 0.717) is 11.7 Å². The lowest BCUT2D eigenvalue weighted by molar-refractivity contribution is 0.0930. The predicted molar refractivity (Wildman–Crippen MR) is 111 cm³/mol. The van der Waals surface area contributed by atoms with Gasteiger partial charge in [0.05, 0.1) is 5.56 Å². The SMILES string of the molecule is C[C@H]1CCc2c(sc3c2C(=O)N[C@H](c2ccc(-c4ccc(Br)cc4)o2)N3)C1. The lowest BCUT2D eigenvalue weighted by atomic mass is 9.88. The fourth-order valence-electron chi connectivity index (χ4n) is 3.88. The molecule has 5 rings (SSSR count). The van der Waals surface area contributed by atoms with Crippen molar-refractivity contribution in [2.75, 3.05) is 5.32 Å². The summed E-state index contributed by atoms with van der Waals surface area (Å²) in [7, 11) is 0. The molecule has 138 valence electrons. The molecule has 0 unspecified atom stereocenters. The van der Waals surface area contributed by atoms with Gasteiger partial charge in [-0.2, -0.15) is 0 Å². The average Bonchev–Trinajstić information content (AvgIpc) is 3.26. The van der Waals surface area contributed by atoms with Gasteiger partial charge in [-0.15, -0.1) is 11.3 Å². The number of halogens is 1. The molecule has 0 saturated heterocycles. The van der Waals surface area contributed by atoms with Crippen molar-refractivity contribution >= 4 is 38.2 Å². The molecule has 2 aromatic heterocycles. The van der Waals surface area contributed by atoms with Crippen molar-refractivity contribution < 1.29 is 9.21 Å². The van der Waals surface area contributed by atoms with Crippen LogP contribution in [-0.4, -0.2) is 5.91 Å². The van der Waals surface area contributed by atoms with Gasteiger partial charge in [0.25, 0.3) is 5.91 Å². The monoisotopic (exact) mass is 442 g/mol. The first kappa shape index (κ1) is 17.1. The van der Waals surface area contributed by atoms with Gasteiger partial charge in [0.2, 0.25) is 0 Å². The summed E-state index contributed by atoms with van der Waals surface area (Å²) >= 11 is 5.18. The van der Waals surface area contributed by atoms with Crippen LogP contribution in [0.3, 0.4) is 0 Å². The van der Waals surface area contributed by atoms with Gasteiger partial charge in [-0.25, -0.2) is 0 Å². The highest BCUT2D eigenvalue weighted by Crippen LogP contribution is 2.42. The summed E-state index contributed by atoms with van der Waals surface area (Å²) in [5, 5.41) is 7.52. The van der Waals surface area contributed by atoms with Crippen LogP contribution in [0.25, 0.3) is 11.3 Å². The largest absolute Gasteiger partial charge is 0.457 e. The predicted octanol–water partition coefficient (Wildman–Crippen LogP) is 5.75. The third-order valence-electron chi connectivity index (χ3n) is 5.33. The van der Waals surface area contributed by atoms with Gasteiger partial charge in [0.1, 0.15) is 16.5 Å². The number of carbonyl (C=O) groups excluding carboxylic acids is 1. The molecule has 0 bridgehead atoms. The smallest absolute Gasteiger partial charge is 0.256 e. The number of anilines is 1. The number of fused-ring (bicyclic) bond motifs is 3. The quantitative estimate of drug-likeness (QED) is 0.530. The topological polar surface area (TPSA) is 54.3 Å². The van der Waals surface area contributed by atoms with Crippen LogP contribution in [0.5, 0.6) is 0 Å². The van der Waals surface area contributed by atoms with Crippen molar-refractivity contribution in [1.29, 1.82) is 0 Å². The van der Waals surface area contributed by atoms with E-state index >= 15 is 0 Å². The van der Waals surface area contributed by atoms with E-state index in [-0.39, 0.29) is 12.1 Å². The van der Waals surface area contributed by atoms with Crippen molar-refractivity contribution in [3.63, 3.8) is 0 Å². The van der Waals surface area contributed by atoms with E-state index < -0.39 is 0 Å². The van der Waals surface area contributed by atoms with Crippen LogP contribution < -0.4 is 10.6 Å². The van der Waals surface area contributed by atoms with Gasteiger partial charge in [0.15, 0.2) is 6.17 Å². The zero-order chi connectivity index (χ0) is 18.5. The molecule has 1 amide bonds. The zero-order valence-corrected chi connectivity index (χ0v) is 17.2. The summed E-state index contributed by atoms with van der Waals surface area (Å²) in [6.45, 7) is 2.28. The van der Waals surface area contributed by atoms with Crippen molar-refractivity contribution in [3.05, 3.63) is 62.6 Å². The molecular weight excluding hydrogens is 424 g/mol. The van der Waals surface area contributed by atoms with E-state index in [9.17, 15) is 4.79 Å². The Morgan fingerprint density at radius 3 is 2.78 bits per heavy atom. The van der Waals surface area contributed by atoms with Crippen molar-refractivity contribution in [2.24, 2.45) is 5.92 Å². The Kier molecular flexibility index (Phi) is 4.13. The first-order chi connectivity index (χ1) is 13.1. The maximum absolute atomic E-state index is 12.8. The maximum Gasteiger partial charge on any atom is 0.256 e. The molecule has 0 radical (unpaired) electrons. The second-order valence-electron chi connectivity index (χ2n) is 7.32. The molecule has 2 aliphatic rings. The minimum absolute atomic E-state index is 0.00222. The van der Waals surface area contributed by atoms with E-state index in [2.05, 4.69) is 33.5 Å². The molecule has 4 nitrogen and oxygen atoms in total. The number of nitrogens with one attached hydrogen (secondary N) is 2. The van der Waals surface area contributed by atoms with Crippen LogP contribution in [0.2, 0.25) is 0 Å². The molecule has 1 aromatic carbocycles. The Morgan fingerprint density at radius 1 is 1.15 bits per heavy atom. The van der Waals surface area contributed by atoms with E-state index in [1.54, 1.807) is 11.3 Å². The van der Waals surface area contributed by atoms with Crippen LogP contribution in [0.15, 0.2) is 45.3 Å². The number of rotatable bonds is 2. The highest BCUT2D eigenvalue weighted by molar-refractivity contribution is 9.10. The fourth-order valence-corrected chi connectivity index (χ4v) is 5.58. The third kappa shape index (κ3) is 3.01. The molecule has 3 heterocycles. The maximum atomic E-state index is 12.8. The van der Waals surface area contributed by atoms with Crippen LogP contribution in [0, 0.1) is 5.92 Å². The van der Waals surface area contributed by atoms with Crippen molar-refractivity contribution in [2.45, 2.75) is 32.4 Å². The summed E-state index contributed by atoms with van der Waals surface area (Å²) in [6, 6.07) is 11.9. The van der Waals surface area contributed by atoms with Gasteiger partial charge < -0.3 is 15.1 Å². The van der Waals surface area contributed by atoms with Crippen LogP contribution in [0.1, 0.15) is 46.1 Å². The molecule has 0 spiro atoms. The standard InChI is InChI=1S/C21H19BrN2O2S/c1-11-2-7-14-17(10-11)27-21-18(14)20(25)23-19(24-21)16-9-8-15(26-16)12-3-5-13(22)6-4-12/h3-6,8-9,11,19,24H,2,7,10H2,1H3,(H,23,25)/t11-,19-/m0/s1. The minimum Gasteiger partial charge on any atom is -0.457 e. The average molecular weight is 443 g/mol. The Labute approximate surface area is 170 Å². The molecule has 27 heavy (non-hydrogen) atoms. The number of hydrogen-bond acceptors (Lipinski definition) is 4. The summed E-state index contributed by atoms with van der Waals surface area (Å²) in [6.07, 6.45) is 2.88. The van der Waals surface area contributed by atoms with Gasteiger partial charge in [-0.1, -0.05) is 35.0 Å². The van der Waals surface area contributed by atoms with Crippen molar-refractivity contribution in [1.82, 2.24) is 5.32 Å². The summed E-state index contributed by atoms with van der Waals surface area (Å²) in [5.41, 5.74) is 3.09. The number of hydrogen-bond donors (Lipinski definition) is 2. The van der Waals surface area contributed by atoms with Gasteiger partial charge in [-0.3, -0.25) is 4.79 Å². The van der Waals surface area contributed by atoms with E-state index in [1.807, 2.05) is 36.4 Å². The Morgan fingerprint density at radius 2 is 1.96 bits per heavy atom. The molecule has 0 saturated carbocycles. The molecule has 2 N–H and O–H groups in total. The zero-order valence-electron chi connectivity index (χ0n) is 14.8. The number of amides is 1. The highest BCUT2D eigenvalue weighted by Gasteiger charge is 2.34. The van der Waals surface area contributed by atoms with Gasteiger partial charge in [-0.05, 0) is 55.0 Å². The van der Waals surface area contributed by atoms with E-state index in [4.69, 9.17) is 4.42 Å². The Hall–Kier alpha value is -2.05. The third-order valence-corrected chi connectivity index (χ3v) is 7.04. The first-order valence-corrected chi connectivity index (χ1v) is 10.8. The molecule has 6 heteroatoms. The van der Waals surface area contributed by atoms with Crippen LogP contribution in [0.4, 0.5) is 5.00 Å². The number of carbonyl (C=O) groups is 1. The number of thiophene rings is 1. The number of furan rings is 1. The van der Waals surface area contributed by atoms with Gasteiger partial charge in [0, 0.05) is 14.9 Å². The molecule has 3 aromatic rings. The molecular formula is C21H19BrN2O2S. The molecule has 1 aliphatic heterocycles. The summed E-state index contributed by atoms with van der Waals surface area (Å²) in [4.78, 5) is 14.2. The van der Waals surface area contributed by atoms with Crippen LogP contribution >= 0.6 is 27.3 Å². The van der Waals surface area contributed by atoms with E-state index in [0.717, 1.165) is 45.6 Å². The highest BCUT2D eigenvalue weighted by atomic mass is 79.9. The van der Waals surface area contributed by atoms with Gasteiger partial charge >= 0.3 is 0 Å². The lowest BCUT2D eigenvalue weighted by Crippen LogP contribution is -2.38. The molecule has 1 aliphatic carbocycles. The van der Waals surface area contributed by atoms with Crippen LogP contribution in [-0.2, 0) is 12.8 Å². The summed E-state index contributed by atoms with van der Waals surface area (Å²) < 4.78 is 7.07. The second-order valence-corrected chi connectivity index (χ2v) is 9.34. The first-order valence-electron chi connectivity index (χ1n) is 9.16. The summed E-state index contributed by atoms with van der Waals surface area (Å²) in [5.74, 6) is 2.20. The van der Waals surface area contributed by atoms with Crippen molar-refractivity contribution in [3.8, 4) is 11.3 Å². The Bertz CT molecular complexity index is 1020.